The average molecular weight is 184 g/mol. The molecular weight excluding hydrogens is 183 g/mol. The fourth-order valence-corrected chi connectivity index (χ4v) is 0. The van der Waals surface area contributed by atoms with Crippen molar-refractivity contribution in [3.05, 3.63) is 25.4 Å². The Kier molecular flexibility index (Phi) is 17.4. The van der Waals surface area contributed by atoms with Crippen molar-refractivity contribution in [1.82, 2.24) is 0 Å². The second-order valence-electron chi connectivity index (χ2n) is 0.461. The van der Waals surface area contributed by atoms with Crippen LogP contribution in [0.3, 0.4) is 0 Å². The third-order valence-electron chi connectivity index (χ3n) is 0. The van der Waals surface area contributed by atoms with Gasteiger partial charge < -0.3 is 20.5 Å². The molecule has 0 heterocycles. The molecule has 8 nitrogen and oxygen atoms in total. The van der Waals surface area contributed by atoms with E-state index in [1.54, 1.807) is 0 Å². The zero-order chi connectivity index (χ0) is 7.15. The Labute approximate surface area is 58.2 Å². The summed E-state index contributed by atoms with van der Waals surface area (Å²) in [5.41, 5.74) is 0. The molecular formula is HN2NiO6-. The van der Waals surface area contributed by atoms with Crippen LogP contribution in [0.5, 0.6) is 0 Å². The number of hydrogen-bond acceptors (Lipinski definition) is 5. The summed E-state index contributed by atoms with van der Waals surface area (Å²) in [6, 6.07) is 0. The monoisotopic (exact) mass is 183 g/mol. The van der Waals surface area contributed by atoms with Gasteiger partial charge in [-0.1, -0.05) is 0 Å². The van der Waals surface area contributed by atoms with E-state index in [2.05, 4.69) is 0 Å². The zero-order valence-electron chi connectivity index (χ0n) is 3.70. The van der Waals surface area contributed by atoms with Crippen molar-refractivity contribution in [3.8, 4) is 0 Å². The molecule has 0 aromatic rings. The fourth-order valence-electron chi connectivity index (χ4n) is 0. The summed E-state index contributed by atoms with van der Waals surface area (Å²) in [4.78, 5) is 16.6. The van der Waals surface area contributed by atoms with Gasteiger partial charge in [-0.05, 0) is 0 Å². The SMILES string of the molecule is O=[N+]([O-])O.O=[N+]([O-])[O-].[Ni]. The van der Waals surface area contributed by atoms with E-state index < -0.39 is 10.2 Å². The molecule has 0 unspecified atom stereocenters. The van der Waals surface area contributed by atoms with Crippen LogP contribution in [0.4, 0.5) is 0 Å². The Morgan fingerprint density at radius 3 is 1.11 bits per heavy atom. The van der Waals surface area contributed by atoms with Gasteiger partial charge in [0.2, 0.25) is 0 Å². The number of rotatable bonds is 0. The van der Waals surface area contributed by atoms with Gasteiger partial charge >= 0.3 is 0 Å². The Balaban J connectivity index is -0.0000000720. The van der Waals surface area contributed by atoms with Crippen LogP contribution < -0.4 is 0 Å². The summed E-state index contributed by atoms with van der Waals surface area (Å²) < 4.78 is 0. The minimum absolute atomic E-state index is 0. The summed E-state index contributed by atoms with van der Waals surface area (Å²) in [6.07, 6.45) is 0. The summed E-state index contributed by atoms with van der Waals surface area (Å²) in [7, 11) is 0. The number of hydrogen-bond donors (Lipinski definition) is 1. The summed E-state index contributed by atoms with van der Waals surface area (Å²) >= 11 is 0. The molecule has 0 bridgehead atoms. The van der Waals surface area contributed by atoms with Gasteiger partial charge in [-0.25, -0.2) is 0 Å². The maximum Gasteiger partial charge on any atom is 0.291 e. The summed E-state index contributed by atoms with van der Waals surface area (Å²) in [5, 5.41) is 28.4. The average Bonchev–Trinajstić information content (AvgIpc) is 1.25. The molecule has 0 saturated carbocycles. The van der Waals surface area contributed by atoms with Gasteiger partial charge in [-0.3, -0.25) is 0 Å². The van der Waals surface area contributed by atoms with E-state index in [-0.39, 0.29) is 16.5 Å². The van der Waals surface area contributed by atoms with Gasteiger partial charge in [-0.15, -0.1) is 10.1 Å². The first-order valence-corrected chi connectivity index (χ1v) is 1.11. The van der Waals surface area contributed by atoms with E-state index in [0.717, 1.165) is 0 Å². The molecule has 0 aromatic carbocycles. The van der Waals surface area contributed by atoms with Gasteiger partial charge in [0.15, 0.2) is 0 Å². The topological polar surface area (TPSA) is 130 Å². The molecule has 0 radical (unpaired) electrons. The van der Waals surface area contributed by atoms with Gasteiger partial charge in [0.05, 0.1) is 5.09 Å². The van der Waals surface area contributed by atoms with Crippen LogP contribution in [0.1, 0.15) is 0 Å². The summed E-state index contributed by atoms with van der Waals surface area (Å²) in [5.74, 6) is 0. The van der Waals surface area contributed by atoms with E-state index in [4.69, 9.17) is 30.6 Å². The van der Waals surface area contributed by atoms with E-state index >= 15 is 0 Å². The molecule has 1 N–H and O–H groups in total. The van der Waals surface area contributed by atoms with Crippen LogP contribution >= 0.6 is 0 Å². The minimum atomic E-state index is -1.75. The Hall–Kier alpha value is -1.11. The molecule has 0 aliphatic heterocycles. The van der Waals surface area contributed by atoms with E-state index in [1.807, 2.05) is 0 Å². The Bertz CT molecular complexity index is 69.1. The van der Waals surface area contributed by atoms with Crippen LogP contribution in [-0.2, 0) is 16.5 Å². The molecule has 0 atom stereocenters. The minimum Gasteiger partial charge on any atom is -0.356 e. The second-order valence-corrected chi connectivity index (χ2v) is 0.461. The van der Waals surface area contributed by atoms with Crippen molar-refractivity contribution in [2.75, 3.05) is 0 Å². The molecule has 0 amide bonds. The molecule has 0 aliphatic carbocycles. The van der Waals surface area contributed by atoms with Crippen LogP contribution in [0.15, 0.2) is 0 Å². The van der Waals surface area contributed by atoms with Crippen LogP contribution in [0, 0.1) is 25.4 Å². The second kappa shape index (κ2) is 10.00. The normalized spacial score (nSPS) is 5.33. The van der Waals surface area contributed by atoms with Gasteiger partial charge in [0.1, 0.15) is 0 Å². The van der Waals surface area contributed by atoms with Crippen molar-refractivity contribution >= 4 is 0 Å². The largest absolute Gasteiger partial charge is 0.356 e. The van der Waals surface area contributed by atoms with Crippen molar-refractivity contribution in [3.63, 3.8) is 0 Å². The molecule has 0 rings (SSSR count). The predicted molar refractivity (Wildman–Crippen MR) is 19.1 cm³/mol. The molecule has 0 aliphatic rings. The van der Waals surface area contributed by atoms with Crippen LogP contribution in [-0.4, -0.2) is 15.4 Å². The molecule has 0 spiro atoms. The molecule has 0 aromatic heterocycles. The van der Waals surface area contributed by atoms with Crippen LogP contribution in [0.2, 0.25) is 0 Å². The van der Waals surface area contributed by atoms with E-state index in [0.29, 0.717) is 0 Å². The first-order chi connectivity index (χ1) is 3.46. The standard InChI is InChI=1S/HNO3.NO3.Ni/c2*2-1(3)4;/h(H,2,3,4);;/q;-1;. The smallest absolute Gasteiger partial charge is 0.291 e. The zero-order valence-corrected chi connectivity index (χ0v) is 4.69. The maximum absolute atomic E-state index is 8.36. The Morgan fingerprint density at radius 2 is 1.11 bits per heavy atom. The Morgan fingerprint density at radius 1 is 1.11 bits per heavy atom. The van der Waals surface area contributed by atoms with Crippen molar-refractivity contribution in [2.45, 2.75) is 0 Å². The first-order valence-electron chi connectivity index (χ1n) is 1.11. The molecule has 9 heavy (non-hydrogen) atoms. The predicted octanol–water partition coefficient (Wildman–Crippen LogP) is -0.589. The third-order valence-corrected chi connectivity index (χ3v) is 0. The molecule has 0 saturated heterocycles. The van der Waals surface area contributed by atoms with Crippen molar-refractivity contribution in [1.29, 1.82) is 0 Å². The van der Waals surface area contributed by atoms with Gasteiger partial charge in [0.25, 0.3) is 5.09 Å². The number of nitrogens with zero attached hydrogens (tertiary/aromatic N) is 2. The maximum atomic E-state index is 8.36. The molecule has 9 heteroatoms. The van der Waals surface area contributed by atoms with Crippen molar-refractivity contribution in [2.24, 2.45) is 0 Å². The van der Waals surface area contributed by atoms with Crippen molar-refractivity contribution < 1.29 is 31.9 Å². The van der Waals surface area contributed by atoms with E-state index in [1.165, 1.54) is 0 Å². The fraction of sp³-hybridized carbons (Fsp3) is 0. The first kappa shape index (κ1) is 15.7. The quantitative estimate of drug-likeness (QED) is 0.304. The molecule has 0 fully saturated rings. The van der Waals surface area contributed by atoms with Crippen LogP contribution in [0.25, 0.3) is 0 Å². The van der Waals surface area contributed by atoms with Gasteiger partial charge in [0, 0.05) is 16.5 Å². The third kappa shape index (κ3) is 135. The molecule has 58 valence electrons. The summed E-state index contributed by atoms with van der Waals surface area (Å²) in [6.45, 7) is 0. The van der Waals surface area contributed by atoms with Gasteiger partial charge in [-0.2, -0.15) is 0 Å². The van der Waals surface area contributed by atoms with E-state index in [9.17, 15) is 0 Å².